The van der Waals surface area contributed by atoms with Crippen LogP contribution in [0.3, 0.4) is 0 Å². The van der Waals surface area contributed by atoms with Gasteiger partial charge in [-0.15, -0.1) is 0 Å². The van der Waals surface area contributed by atoms with Crippen LogP contribution in [0.15, 0.2) is 48.6 Å². The SMILES string of the molecule is CC/C=C/C=C/C=C/C=C/CCCCCCCC(=O)OC[C@H](COP(=O)([O-])OCC[N+](C)(C)C)OC(=O)CCCCCCCCCCCCCCCCCCCCCCCC. The molecular weight excluding hydrogens is 786 g/mol. The number of likely N-dealkylation sites (N-methyl/N-ethyl adjacent to an activating group) is 1. The van der Waals surface area contributed by atoms with E-state index in [1.165, 1.54) is 116 Å². The summed E-state index contributed by atoms with van der Waals surface area (Å²) in [5, 5.41) is 0. The molecule has 0 spiro atoms. The zero-order chi connectivity index (χ0) is 45.0. The van der Waals surface area contributed by atoms with Gasteiger partial charge in [0.2, 0.25) is 0 Å². The third-order valence-electron chi connectivity index (χ3n) is 10.7. The fourth-order valence-corrected chi connectivity index (χ4v) is 7.57. The first-order chi connectivity index (χ1) is 29.5. The number of esters is 2. The van der Waals surface area contributed by atoms with E-state index in [2.05, 4.69) is 32.1 Å². The number of hydrogen-bond donors (Lipinski definition) is 0. The van der Waals surface area contributed by atoms with E-state index < -0.39 is 32.5 Å². The maximum absolute atomic E-state index is 12.7. The third kappa shape index (κ3) is 47.3. The molecule has 0 aliphatic rings. The Labute approximate surface area is 375 Å². The lowest BCUT2D eigenvalue weighted by atomic mass is 10.0. The van der Waals surface area contributed by atoms with Crippen LogP contribution in [0.2, 0.25) is 0 Å². The van der Waals surface area contributed by atoms with Gasteiger partial charge < -0.3 is 27.9 Å². The molecule has 0 bridgehead atoms. The number of ether oxygens (including phenoxy) is 2. The molecule has 2 atom stereocenters. The minimum atomic E-state index is -4.63. The maximum Gasteiger partial charge on any atom is 0.306 e. The van der Waals surface area contributed by atoms with Gasteiger partial charge in [-0.3, -0.25) is 14.2 Å². The lowest BCUT2D eigenvalue weighted by molar-refractivity contribution is -0.870. The second-order valence-electron chi connectivity index (χ2n) is 17.9. The van der Waals surface area contributed by atoms with Gasteiger partial charge in [0.1, 0.15) is 19.8 Å². The Bertz CT molecular complexity index is 1180. The molecule has 0 saturated carbocycles. The Morgan fingerprint density at radius 2 is 0.934 bits per heavy atom. The highest BCUT2D eigenvalue weighted by Crippen LogP contribution is 2.38. The minimum absolute atomic E-state index is 0.0352. The molecule has 0 heterocycles. The van der Waals surface area contributed by atoms with Gasteiger partial charge in [-0.1, -0.05) is 217 Å². The molecule has 0 aromatic carbocycles. The van der Waals surface area contributed by atoms with Gasteiger partial charge in [0, 0.05) is 12.8 Å². The van der Waals surface area contributed by atoms with E-state index in [4.69, 9.17) is 18.5 Å². The monoisotopic (exact) mass is 880 g/mol. The summed E-state index contributed by atoms with van der Waals surface area (Å²) in [6.07, 6.45) is 51.5. The van der Waals surface area contributed by atoms with Crippen molar-refractivity contribution in [2.75, 3.05) is 47.5 Å². The number of carbonyl (C=O) groups excluding carboxylic acids is 2. The lowest BCUT2D eigenvalue weighted by Crippen LogP contribution is -2.37. The molecule has 0 aromatic heterocycles. The van der Waals surface area contributed by atoms with Crippen LogP contribution in [0.25, 0.3) is 0 Å². The van der Waals surface area contributed by atoms with Crippen molar-refractivity contribution in [1.82, 2.24) is 0 Å². The number of carbonyl (C=O) groups is 2. The van der Waals surface area contributed by atoms with Gasteiger partial charge in [-0.2, -0.15) is 0 Å². The summed E-state index contributed by atoms with van der Waals surface area (Å²) in [6.45, 7) is 4.09. The number of nitrogens with zero attached hydrogens (tertiary/aromatic N) is 1. The second-order valence-corrected chi connectivity index (χ2v) is 19.3. The Kier molecular flexibility index (Phi) is 41.8. The molecule has 1 unspecified atom stereocenters. The highest BCUT2D eigenvalue weighted by Gasteiger charge is 2.21. The van der Waals surface area contributed by atoms with Crippen LogP contribution < -0.4 is 4.89 Å². The first-order valence-corrected chi connectivity index (χ1v) is 26.4. The number of allylic oxidation sites excluding steroid dienone is 8. The van der Waals surface area contributed by atoms with E-state index in [1.54, 1.807) is 0 Å². The number of hydrogen-bond acceptors (Lipinski definition) is 8. The normalized spacial score (nSPS) is 13.9. The third-order valence-corrected chi connectivity index (χ3v) is 11.7. The average molecular weight is 880 g/mol. The number of phosphoric acid groups is 1. The van der Waals surface area contributed by atoms with Crippen LogP contribution >= 0.6 is 7.82 Å². The van der Waals surface area contributed by atoms with Crippen molar-refractivity contribution in [2.24, 2.45) is 0 Å². The predicted octanol–water partition coefficient (Wildman–Crippen LogP) is 14.0. The van der Waals surface area contributed by atoms with E-state index in [0.29, 0.717) is 23.9 Å². The molecule has 61 heavy (non-hydrogen) atoms. The summed E-state index contributed by atoms with van der Waals surface area (Å²) in [4.78, 5) is 37.7. The van der Waals surface area contributed by atoms with Crippen molar-refractivity contribution in [3.8, 4) is 0 Å². The molecule has 0 aliphatic heterocycles. The second kappa shape index (κ2) is 43.2. The van der Waals surface area contributed by atoms with Gasteiger partial charge in [-0.25, -0.2) is 0 Å². The zero-order valence-electron chi connectivity index (χ0n) is 40.1. The molecule has 0 radical (unpaired) electrons. The van der Waals surface area contributed by atoms with E-state index >= 15 is 0 Å². The quantitative estimate of drug-likeness (QED) is 0.0195. The fourth-order valence-electron chi connectivity index (χ4n) is 6.84. The number of rotatable bonds is 45. The minimum Gasteiger partial charge on any atom is -0.756 e. The summed E-state index contributed by atoms with van der Waals surface area (Å²) >= 11 is 0. The van der Waals surface area contributed by atoms with Gasteiger partial charge >= 0.3 is 11.9 Å². The zero-order valence-corrected chi connectivity index (χ0v) is 41.0. The van der Waals surface area contributed by atoms with Crippen LogP contribution in [-0.4, -0.2) is 70.0 Å². The van der Waals surface area contributed by atoms with Gasteiger partial charge in [0.25, 0.3) is 7.82 Å². The van der Waals surface area contributed by atoms with Gasteiger partial charge in [0.15, 0.2) is 6.10 Å². The van der Waals surface area contributed by atoms with Crippen molar-refractivity contribution in [3.05, 3.63) is 48.6 Å². The summed E-state index contributed by atoms with van der Waals surface area (Å²) < 4.78 is 34.0. The standard InChI is InChI=1S/C51H94NO8P/c1-6-8-10-12-14-16-18-20-22-23-24-25-26-27-28-30-32-34-36-38-40-42-44-51(54)60-49(48-59-61(55,56)58-46-45-52(3,4)5)47-57-50(53)43-41-39-37-35-33-31-29-21-19-17-15-13-11-9-7-2/h9,11,13,15,17,19,21,29,49H,6-8,10,12,14,16,18,20,22-28,30-48H2,1-5H3/b11-9+,15-13+,19-17+,29-21+/t49-/m1/s1. The highest BCUT2D eigenvalue weighted by molar-refractivity contribution is 7.45. The number of quaternary nitrogens is 1. The molecule has 0 rings (SSSR count). The van der Waals surface area contributed by atoms with Crippen molar-refractivity contribution >= 4 is 19.8 Å². The number of unbranched alkanes of at least 4 members (excludes halogenated alkanes) is 26. The fraction of sp³-hybridized carbons (Fsp3) is 0.804. The van der Waals surface area contributed by atoms with Crippen LogP contribution in [0.5, 0.6) is 0 Å². The van der Waals surface area contributed by atoms with Gasteiger partial charge in [0.05, 0.1) is 27.7 Å². The van der Waals surface area contributed by atoms with Crippen molar-refractivity contribution in [2.45, 2.75) is 219 Å². The van der Waals surface area contributed by atoms with Crippen molar-refractivity contribution in [3.63, 3.8) is 0 Å². The lowest BCUT2D eigenvalue weighted by Gasteiger charge is -2.28. The summed E-state index contributed by atoms with van der Waals surface area (Å²) in [6, 6.07) is 0. The first-order valence-electron chi connectivity index (χ1n) is 24.9. The van der Waals surface area contributed by atoms with Crippen LogP contribution in [0.1, 0.15) is 213 Å². The van der Waals surface area contributed by atoms with Crippen LogP contribution in [-0.2, 0) is 32.7 Å². The first kappa shape index (κ1) is 59.0. The molecule has 0 saturated heterocycles. The summed E-state index contributed by atoms with van der Waals surface area (Å²) in [5.41, 5.74) is 0. The van der Waals surface area contributed by atoms with Crippen molar-refractivity contribution in [1.29, 1.82) is 0 Å². The molecular formula is C51H94NO8P. The molecule has 0 aromatic rings. The Morgan fingerprint density at radius 3 is 1.39 bits per heavy atom. The smallest absolute Gasteiger partial charge is 0.306 e. The van der Waals surface area contributed by atoms with E-state index in [1.807, 2.05) is 51.5 Å². The summed E-state index contributed by atoms with van der Waals surface area (Å²) in [7, 11) is 1.15. The molecule has 10 heteroatoms. The Morgan fingerprint density at radius 1 is 0.525 bits per heavy atom. The van der Waals surface area contributed by atoms with Gasteiger partial charge in [-0.05, 0) is 32.1 Å². The molecule has 0 aliphatic carbocycles. The Balaban J connectivity index is 4.25. The number of phosphoric ester groups is 1. The molecule has 356 valence electrons. The maximum atomic E-state index is 12.7. The molecule has 9 nitrogen and oxygen atoms in total. The topological polar surface area (TPSA) is 111 Å². The van der Waals surface area contributed by atoms with Crippen molar-refractivity contribution < 1.29 is 42.1 Å². The van der Waals surface area contributed by atoms with E-state index in [9.17, 15) is 19.0 Å². The molecule has 0 fully saturated rings. The highest BCUT2D eigenvalue weighted by atomic mass is 31.2. The molecule has 0 amide bonds. The molecule has 0 N–H and O–H groups in total. The Hall–Kier alpha value is -2.03. The predicted molar refractivity (Wildman–Crippen MR) is 254 cm³/mol. The summed E-state index contributed by atoms with van der Waals surface area (Å²) in [5.74, 6) is -0.855. The largest absolute Gasteiger partial charge is 0.756 e. The van der Waals surface area contributed by atoms with E-state index in [-0.39, 0.29) is 26.1 Å². The average Bonchev–Trinajstić information content (AvgIpc) is 3.21. The van der Waals surface area contributed by atoms with Crippen LogP contribution in [0, 0.1) is 0 Å². The van der Waals surface area contributed by atoms with Crippen LogP contribution in [0.4, 0.5) is 0 Å². The van der Waals surface area contributed by atoms with E-state index in [0.717, 1.165) is 57.8 Å².